The lowest BCUT2D eigenvalue weighted by Gasteiger charge is -2.03. The lowest BCUT2D eigenvalue weighted by atomic mass is 10.4. The van der Waals surface area contributed by atoms with Gasteiger partial charge in [-0.05, 0) is 6.07 Å². The lowest BCUT2D eigenvalue weighted by Crippen LogP contribution is -2.13. The van der Waals surface area contributed by atoms with Crippen LogP contribution in [0.25, 0.3) is 5.82 Å². The third-order valence-corrected chi connectivity index (χ3v) is 2.00. The Hall–Kier alpha value is -2.51. The maximum absolute atomic E-state index is 13.4. The number of nitrogens with zero attached hydrogens (tertiary/aromatic N) is 3. The first-order valence-corrected chi connectivity index (χ1v) is 4.46. The molecule has 0 aromatic carbocycles. The van der Waals surface area contributed by atoms with Crippen molar-refractivity contribution < 1.29 is 13.6 Å². The van der Waals surface area contributed by atoms with Gasteiger partial charge in [0, 0.05) is 12.3 Å². The van der Waals surface area contributed by atoms with Crippen LogP contribution in [-0.4, -0.2) is 20.7 Å². The molecule has 0 unspecified atom stereocenters. The molecule has 0 aliphatic rings. The molecule has 8 heteroatoms. The van der Waals surface area contributed by atoms with E-state index in [1.807, 2.05) is 0 Å². The highest BCUT2D eigenvalue weighted by Gasteiger charge is 2.13. The van der Waals surface area contributed by atoms with E-state index in [0.717, 1.165) is 4.68 Å². The van der Waals surface area contributed by atoms with Crippen LogP contribution in [0.1, 0.15) is 10.5 Å². The number of anilines is 1. The fourth-order valence-electron chi connectivity index (χ4n) is 1.20. The van der Waals surface area contributed by atoms with E-state index < -0.39 is 23.4 Å². The molecule has 6 nitrogen and oxygen atoms in total. The van der Waals surface area contributed by atoms with Crippen molar-refractivity contribution in [3.8, 4) is 5.82 Å². The Morgan fingerprint density at radius 3 is 2.65 bits per heavy atom. The summed E-state index contributed by atoms with van der Waals surface area (Å²) in [7, 11) is 0. The zero-order chi connectivity index (χ0) is 12.6. The maximum Gasteiger partial charge on any atom is 0.269 e. The van der Waals surface area contributed by atoms with E-state index in [9.17, 15) is 13.6 Å². The molecule has 2 rings (SSSR count). The second kappa shape index (κ2) is 3.81. The van der Waals surface area contributed by atoms with Crippen molar-refractivity contribution in [3.05, 3.63) is 35.7 Å². The van der Waals surface area contributed by atoms with Crippen molar-refractivity contribution in [2.24, 2.45) is 5.73 Å². The summed E-state index contributed by atoms with van der Waals surface area (Å²) in [6, 6.07) is 1.87. The number of primary amides is 1. The van der Waals surface area contributed by atoms with Crippen molar-refractivity contribution >= 4 is 11.7 Å². The quantitative estimate of drug-likeness (QED) is 0.783. The fourth-order valence-corrected chi connectivity index (χ4v) is 1.20. The number of nitrogens with two attached hydrogens (primary N) is 2. The number of aromatic nitrogens is 3. The second-order valence-corrected chi connectivity index (χ2v) is 3.17. The van der Waals surface area contributed by atoms with E-state index in [0.29, 0.717) is 6.07 Å². The monoisotopic (exact) mass is 239 g/mol. The van der Waals surface area contributed by atoms with Gasteiger partial charge in [-0.25, -0.2) is 18.4 Å². The summed E-state index contributed by atoms with van der Waals surface area (Å²) in [6.45, 7) is 0. The van der Waals surface area contributed by atoms with Crippen LogP contribution in [0.5, 0.6) is 0 Å². The highest BCUT2D eigenvalue weighted by atomic mass is 19.1. The van der Waals surface area contributed by atoms with Crippen LogP contribution in [0.2, 0.25) is 0 Å². The van der Waals surface area contributed by atoms with Gasteiger partial charge in [0.25, 0.3) is 5.91 Å². The normalized spacial score (nSPS) is 10.5. The number of hydrogen-bond donors (Lipinski definition) is 2. The van der Waals surface area contributed by atoms with Gasteiger partial charge < -0.3 is 11.5 Å². The number of amides is 1. The predicted octanol–water partition coefficient (Wildman–Crippen LogP) is 0.227. The predicted molar refractivity (Wildman–Crippen MR) is 54.2 cm³/mol. The number of carbonyl (C=O) groups excluding carboxylic acids is 1. The van der Waals surface area contributed by atoms with Crippen LogP contribution < -0.4 is 11.5 Å². The Morgan fingerprint density at radius 1 is 1.35 bits per heavy atom. The maximum atomic E-state index is 13.4. The smallest absolute Gasteiger partial charge is 0.269 e. The van der Waals surface area contributed by atoms with Crippen molar-refractivity contribution in [1.29, 1.82) is 0 Å². The Bertz CT molecular complexity index is 595. The zero-order valence-electron chi connectivity index (χ0n) is 8.39. The number of nitrogen functional groups attached to an aromatic ring is 1. The van der Waals surface area contributed by atoms with Crippen LogP contribution in [0.15, 0.2) is 18.3 Å². The first kappa shape index (κ1) is 11.0. The fraction of sp³-hybridized carbons (Fsp3) is 0. The van der Waals surface area contributed by atoms with Gasteiger partial charge in [-0.2, -0.15) is 5.10 Å². The van der Waals surface area contributed by atoms with Gasteiger partial charge in [0.2, 0.25) is 0 Å². The van der Waals surface area contributed by atoms with Crippen molar-refractivity contribution in [2.45, 2.75) is 0 Å². The molecule has 0 saturated heterocycles. The van der Waals surface area contributed by atoms with E-state index in [1.165, 1.54) is 12.3 Å². The molecule has 2 heterocycles. The summed E-state index contributed by atoms with van der Waals surface area (Å²) >= 11 is 0. The highest BCUT2D eigenvalue weighted by Crippen LogP contribution is 2.15. The molecule has 17 heavy (non-hydrogen) atoms. The molecule has 2 aromatic heterocycles. The summed E-state index contributed by atoms with van der Waals surface area (Å²) in [5.74, 6) is -3.45. The number of rotatable bonds is 2. The molecule has 0 radical (unpaired) electrons. The minimum atomic E-state index is -0.964. The Balaban J connectivity index is 2.52. The number of pyridine rings is 1. The van der Waals surface area contributed by atoms with E-state index in [1.54, 1.807) is 0 Å². The summed E-state index contributed by atoms with van der Waals surface area (Å²) in [6.07, 6.45) is 1.27. The first-order valence-electron chi connectivity index (χ1n) is 4.46. The van der Waals surface area contributed by atoms with Gasteiger partial charge in [0.05, 0.1) is 0 Å². The van der Waals surface area contributed by atoms with Gasteiger partial charge >= 0.3 is 0 Å². The molecule has 88 valence electrons. The molecular weight excluding hydrogens is 232 g/mol. The SMILES string of the molecule is NC(=O)c1ccn(-c2nc(N)c(F)cc2F)n1. The Labute approximate surface area is 93.9 Å². The summed E-state index contributed by atoms with van der Waals surface area (Å²) in [5.41, 5.74) is 10.1. The van der Waals surface area contributed by atoms with Gasteiger partial charge in [-0.1, -0.05) is 0 Å². The standard InChI is InChI=1S/C9H7F2N5O/c10-4-3-5(11)9(14-7(4)12)16-2-1-6(15-16)8(13)17/h1-3H,(H2,12,14)(H2,13,17). The topological polar surface area (TPSA) is 99.8 Å². The molecule has 2 aromatic rings. The van der Waals surface area contributed by atoms with Gasteiger partial charge in [0.15, 0.2) is 23.3 Å². The third kappa shape index (κ3) is 1.92. The molecule has 0 aliphatic carbocycles. The van der Waals surface area contributed by atoms with E-state index >= 15 is 0 Å². The summed E-state index contributed by atoms with van der Waals surface area (Å²) in [4.78, 5) is 14.3. The molecule has 0 atom stereocenters. The van der Waals surface area contributed by atoms with Crippen LogP contribution >= 0.6 is 0 Å². The van der Waals surface area contributed by atoms with Gasteiger partial charge in [-0.15, -0.1) is 0 Å². The molecule has 1 amide bonds. The zero-order valence-corrected chi connectivity index (χ0v) is 8.39. The molecule has 0 aliphatic heterocycles. The second-order valence-electron chi connectivity index (χ2n) is 3.17. The highest BCUT2D eigenvalue weighted by molar-refractivity contribution is 5.90. The van der Waals surface area contributed by atoms with Crippen LogP contribution in [0.3, 0.4) is 0 Å². The van der Waals surface area contributed by atoms with Crippen molar-refractivity contribution in [3.63, 3.8) is 0 Å². The van der Waals surface area contributed by atoms with E-state index in [4.69, 9.17) is 11.5 Å². The molecule has 0 saturated carbocycles. The average Bonchev–Trinajstić information content (AvgIpc) is 2.72. The number of hydrogen-bond acceptors (Lipinski definition) is 4. The van der Waals surface area contributed by atoms with E-state index in [-0.39, 0.29) is 11.5 Å². The van der Waals surface area contributed by atoms with Crippen LogP contribution in [-0.2, 0) is 0 Å². The van der Waals surface area contributed by atoms with Crippen LogP contribution in [0, 0.1) is 11.6 Å². The minimum absolute atomic E-state index is 0.0610. The molecule has 4 N–H and O–H groups in total. The van der Waals surface area contributed by atoms with Gasteiger partial charge in [-0.3, -0.25) is 4.79 Å². The van der Waals surface area contributed by atoms with Crippen LogP contribution in [0.4, 0.5) is 14.6 Å². The largest absolute Gasteiger partial charge is 0.381 e. The number of carbonyl (C=O) groups is 1. The van der Waals surface area contributed by atoms with Crippen molar-refractivity contribution in [2.75, 3.05) is 5.73 Å². The van der Waals surface area contributed by atoms with Crippen molar-refractivity contribution in [1.82, 2.24) is 14.8 Å². The Kier molecular flexibility index (Phi) is 2.47. The minimum Gasteiger partial charge on any atom is -0.381 e. The van der Waals surface area contributed by atoms with Gasteiger partial charge in [0.1, 0.15) is 5.69 Å². The number of halogens is 2. The molecular formula is C9H7F2N5O. The average molecular weight is 239 g/mol. The van der Waals surface area contributed by atoms with E-state index in [2.05, 4.69) is 10.1 Å². The summed E-state index contributed by atoms with van der Waals surface area (Å²) in [5, 5.41) is 3.67. The lowest BCUT2D eigenvalue weighted by molar-refractivity contribution is 0.0995. The third-order valence-electron chi connectivity index (χ3n) is 2.00. The molecule has 0 spiro atoms. The summed E-state index contributed by atoms with van der Waals surface area (Å²) < 4.78 is 27.2. The Morgan fingerprint density at radius 2 is 2.06 bits per heavy atom. The molecule has 0 bridgehead atoms. The first-order chi connectivity index (χ1) is 7.99. The molecule has 0 fully saturated rings.